The van der Waals surface area contributed by atoms with Gasteiger partial charge in [-0.2, -0.15) is 0 Å². The Hall–Kier alpha value is -1.10. The standard InChI is InChI=1S/C2H4N2O3/c5-2(4-7)1-3-6/h1,6-7H,(H,4,5). The predicted octanol–water partition coefficient (Wildman–Crippen LogP) is -1.05. The lowest BCUT2D eigenvalue weighted by molar-refractivity contribution is -0.122. The molecule has 0 aromatic carbocycles. The van der Waals surface area contributed by atoms with Crippen molar-refractivity contribution in [2.75, 3.05) is 0 Å². The fraction of sp³-hybridized carbons (Fsp3) is 0. The first-order chi connectivity index (χ1) is 3.31. The largest absolute Gasteiger partial charge is 0.411 e. The maximum absolute atomic E-state index is 9.74. The molecule has 0 aliphatic carbocycles. The van der Waals surface area contributed by atoms with Gasteiger partial charge in [-0.3, -0.25) is 10.0 Å². The van der Waals surface area contributed by atoms with Crippen molar-refractivity contribution in [2.24, 2.45) is 5.16 Å². The van der Waals surface area contributed by atoms with Crippen LogP contribution in [0.15, 0.2) is 5.16 Å². The van der Waals surface area contributed by atoms with Crippen molar-refractivity contribution in [1.29, 1.82) is 0 Å². The fourth-order valence-electron chi connectivity index (χ4n) is 0.0813. The molecule has 0 atom stereocenters. The number of nitrogens with zero attached hydrogens (tertiary/aromatic N) is 1. The van der Waals surface area contributed by atoms with Gasteiger partial charge in [-0.1, -0.05) is 5.16 Å². The van der Waals surface area contributed by atoms with E-state index in [1.807, 2.05) is 0 Å². The van der Waals surface area contributed by atoms with Crippen LogP contribution >= 0.6 is 0 Å². The molecule has 1 amide bonds. The molecule has 0 bridgehead atoms. The van der Waals surface area contributed by atoms with E-state index in [1.54, 1.807) is 0 Å². The molecule has 0 fully saturated rings. The average molecular weight is 104 g/mol. The molecule has 0 spiro atoms. The van der Waals surface area contributed by atoms with Crippen molar-refractivity contribution in [1.82, 2.24) is 5.48 Å². The third-order valence-electron chi connectivity index (χ3n) is 0.285. The quantitative estimate of drug-likeness (QED) is 0.172. The maximum atomic E-state index is 9.74. The number of amides is 1. The van der Waals surface area contributed by atoms with Crippen LogP contribution in [0.5, 0.6) is 0 Å². The van der Waals surface area contributed by atoms with Gasteiger partial charge in [0.25, 0.3) is 5.91 Å². The lowest BCUT2D eigenvalue weighted by atomic mass is 10.7. The van der Waals surface area contributed by atoms with Crippen molar-refractivity contribution in [3.05, 3.63) is 0 Å². The van der Waals surface area contributed by atoms with Gasteiger partial charge in [0.15, 0.2) is 0 Å². The molecule has 5 heteroatoms. The lowest BCUT2D eigenvalue weighted by Gasteiger charge is -1.81. The minimum Gasteiger partial charge on any atom is -0.411 e. The first kappa shape index (κ1) is 5.90. The molecule has 40 valence electrons. The summed E-state index contributed by atoms with van der Waals surface area (Å²) in [5.74, 6) is -0.859. The zero-order valence-electron chi connectivity index (χ0n) is 3.33. The smallest absolute Gasteiger partial charge is 0.289 e. The summed E-state index contributed by atoms with van der Waals surface area (Å²) in [6.45, 7) is 0. The van der Waals surface area contributed by atoms with E-state index in [-0.39, 0.29) is 0 Å². The van der Waals surface area contributed by atoms with Crippen LogP contribution in [-0.4, -0.2) is 22.5 Å². The highest BCUT2D eigenvalue weighted by atomic mass is 16.5. The maximum Gasteiger partial charge on any atom is 0.289 e. The number of oxime groups is 1. The molecule has 0 unspecified atom stereocenters. The third kappa shape index (κ3) is 2.71. The predicted molar refractivity (Wildman–Crippen MR) is 20.2 cm³/mol. The Morgan fingerprint density at radius 1 is 1.86 bits per heavy atom. The van der Waals surface area contributed by atoms with E-state index in [0.29, 0.717) is 6.21 Å². The molecule has 0 rings (SSSR count). The van der Waals surface area contributed by atoms with Crippen molar-refractivity contribution < 1.29 is 15.2 Å². The highest BCUT2D eigenvalue weighted by Crippen LogP contribution is 1.51. The Morgan fingerprint density at radius 3 is 2.57 bits per heavy atom. The zero-order valence-corrected chi connectivity index (χ0v) is 3.33. The number of hydrogen-bond acceptors (Lipinski definition) is 4. The number of carbonyl (C=O) groups is 1. The van der Waals surface area contributed by atoms with E-state index in [0.717, 1.165) is 0 Å². The van der Waals surface area contributed by atoms with Gasteiger partial charge in [-0.25, -0.2) is 5.48 Å². The number of rotatable bonds is 1. The highest BCUT2D eigenvalue weighted by molar-refractivity contribution is 6.25. The van der Waals surface area contributed by atoms with Gasteiger partial charge in [0, 0.05) is 0 Å². The van der Waals surface area contributed by atoms with E-state index in [4.69, 9.17) is 10.4 Å². The van der Waals surface area contributed by atoms with Gasteiger partial charge >= 0.3 is 0 Å². The third-order valence-corrected chi connectivity index (χ3v) is 0.285. The van der Waals surface area contributed by atoms with Crippen LogP contribution in [0.3, 0.4) is 0 Å². The summed E-state index contributed by atoms with van der Waals surface area (Å²) in [5, 5.41) is 17.5. The van der Waals surface area contributed by atoms with Crippen molar-refractivity contribution >= 4 is 12.1 Å². The molecule has 0 radical (unpaired) electrons. The van der Waals surface area contributed by atoms with E-state index >= 15 is 0 Å². The van der Waals surface area contributed by atoms with Crippen molar-refractivity contribution in [2.45, 2.75) is 0 Å². The van der Waals surface area contributed by atoms with Crippen LogP contribution in [-0.2, 0) is 4.79 Å². The number of carbonyl (C=O) groups excluding carboxylic acids is 1. The van der Waals surface area contributed by atoms with Gasteiger partial charge < -0.3 is 5.21 Å². The summed E-state index contributed by atoms with van der Waals surface area (Å²) in [6, 6.07) is 0. The normalized spacial score (nSPS) is 9.29. The van der Waals surface area contributed by atoms with Crippen molar-refractivity contribution in [3.8, 4) is 0 Å². The van der Waals surface area contributed by atoms with Gasteiger partial charge in [0.1, 0.15) is 6.21 Å². The Kier molecular flexibility index (Phi) is 2.62. The van der Waals surface area contributed by atoms with E-state index in [1.165, 1.54) is 5.48 Å². The first-order valence-electron chi connectivity index (χ1n) is 1.42. The Balaban J connectivity index is 3.37. The molecule has 0 saturated carbocycles. The summed E-state index contributed by atoms with van der Waals surface area (Å²) in [4.78, 5) is 9.74. The molecule has 0 saturated heterocycles. The van der Waals surface area contributed by atoms with Crippen LogP contribution in [0.4, 0.5) is 0 Å². The first-order valence-corrected chi connectivity index (χ1v) is 1.42. The minimum absolute atomic E-state index is 0.528. The van der Waals surface area contributed by atoms with Gasteiger partial charge in [-0.15, -0.1) is 0 Å². The number of hydroxylamine groups is 1. The highest BCUT2D eigenvalue weighted by Gasteiger charge is 1.86. The van der Waals surface area contributed by atoms with Crippen molar-refractivity contribution in [3.63, 3.8) is 0 Å². The van der Waals surface area contributed by atoms with Crippen LogP contribution in [0.1, 0.15) is 0 Å². The summed E-state index contributed by atoms with van der Waals surface area (Å²) < 4.78 is 0. The summed E-state index contributed by atoms with van der Waals surface area (Å²) in [5.41, 5.74) is 1.22. The van der Waals surface area contributed by atoms with Crippen LogP contribution in [0.2, 0.25) is 0 Å². The second-order valence-electron chi connectivity index (χ2n) is 0.721. The van der Waals surface area contributed by atoms with Crippen LogP contribution in [0, 0.1) is 0 Å². The minimum atomic E-state index is -0.859. The van der Waals surface area contributed by atoms with Gasteiger partial charge in [0.2, 0.25) is 0 Å². The van der Waals surface area contributed by atoms with Gasteiger partial charge in [-0.05, 0) is 0 Å². The second kappa shape index (κ2) is 3.10. The SMILES string of the molecule is O=C(C=NO)NO. The molecule has 0 aliphatic heterocycles. The average Bonchev–Trinajstić information content (AvgIpc) is 1.68. The fourth-order valence-corrected chi connectivity index (χ4v) is 0.0813. The molecule has 0 heterocycles. The van der Waals surface area contributed by atoms with Gasteiger partial charge in [0.05, 0.1) is 0 Å². The Labute approximate surface area is 39.2 Å². The van der Waals surface area contributed by atoms with E-state index in [9.17, 15) is 4.79 Å². The molecule has 5 nitrogen and oxygen atoms in total. The molecular weight excluding hydrogens is 100 g/mol. The molecule has 0 aromatic rings. The number of nitrogens with one attached hydrogen (secondary N) is 1. The molecular formula is C2H4N2O3. The molecule has 0 aliphatic rings. The molecule has 3 N–H and O–H groups in total. The Morgan fingerprint density at radius 2 is 2.43 bits per heavy atom. The van der Waals surface area contributed by atoms with Crippen LogP contribution < -0.4 is 5.48 Å². The number of hydrogen-bond donors (Lipinski definition) is 3. The van der Waals surface area contributed by atoms with E-state index < -0.39 is 5.91 Å². The monoisotopic (exact) mass is 104 g/mol. The Bertz CT molecular complexity index is 88.9. The topological polar surface area (TPSA) is 81.9 Å². The molecule has 0 aromatic heterocycles. The lowest BCUT2D eigenvalue weighted by Crippen LogP contribution is -2.19. The van der Waals surface area contributed by atoms with E-state index in [2.05, 4.69) is 5.16 Å². The summed E-state index contributed by atoms with van der Waals surface area (Å²) in [7, 11) is 0. The summed E-state index contributed by atoms with van der Waals surface area (Å²) in [6.07, 6.45) is 0.528. The van der Waals surface area contributed by atoms with Crippen LogP contribution in [0.25, 0.3) is 0 Å². The zero-order chi connectivity index (χ0) is 5.70. The summed E-state index contributed by atoms with van der Waals surface area (Å²) >= 11 is 0. The second-order valence-corrected chi connectivity index (χ2v) is 0.721. The molecule has 7 heavy (non-hydrogen) atoms.